The highest BCUT2D eigenvalue weighted by atomic mass is 32.1. The summed E-state index contributed by atoms with van der Waals surface area (Å²) in [6, 6.07) is 21.9. The van der Waals surface area contributed by atoms with Crippen LogP contribution < -0.4 is 19.6 Å². The van der Waals surface area contributed by atoms with Crippen molar-refractivity contribution in [1.29, 1.82) is 0 Å². The molecule has 0 amide bonds. The maximum atomic E-state index is 5.56. The molecule has 4 aromatic rings. The van der Waals surface area contributed by atoms with Crippen molar-refractivity contribution in [2.75, 3.05) is 19.3 Å². The van der Waals surface area contributed by atoms with E-state index in [1.807, 2.05) is 72.1 Å². The predicted molar refractivity (Wildman–Crippen MR) is 123 cm³/mol. The van der Waals surface area contributed by atoms with Crippen LogP contribution >= 0.6 is 11.3 Å². The summed E-state index contributed by atoms with van der Waals surface area (Å²) >= 11 is 1.51. The number of hydrogen-bond donors (Lipinski definition) is 1. The van der Waals surface area contributed by atoms with Gasteiger partial charge in [0.2, 0.25) is 11.9 Å². The second-order valence-electron chi connectivity index (χ2n) is 6.80. The number of aromatic nitrogens is 1. The Hall–Kier alpha value is -3.84. The molecule has 1 aliphatic heterocycles. The number of methoxy groups -OCH3 is 1. The third-order valence-corrected chi connectivity index (χ3v) is 5.63. The van der Waals surface area contributed by atoms with Gasteiger partial charge in [-0.3, -0.25) is 5.43 Å². The van der Waals surface area contributed by atoms with E-state index in [1.165, 1.54) is 11.3 Å². The van der Waals surface area contributed by atoms with E-state index in [-0.39, 0.29) is 6.79 Å². The van der Waals surface area contributed by atoms with Crippen molar-refractivity contribution in [1.82, 2.24) is 4.98 Å². The van der Waals surface area contributed by atoms with Crippen LogP contribution in [0.2, 0.25) is 0 Å². The Balaban J connectivity index is 1.40. The van der Waals surface area contributed by atoms with Crippen molar-refractivity contribution >= 4 is 22.7 Å². The third-order valence-electron chi connectivity index (χ3n) is 4.88. The van der Waals surface area contributed by atoms with E-state index in [0.717, 1.165) is 44.6 Å². The van der Waals surface area contributed by atoms with Crippen molar-refractivity contribution in [3.8, 4) is 39.6 Å². The molecule has 1 aliphatic rings. The van der Waals surface area contributed by atoms with Crippen molar-refractivity contribution in [3.05, 3.63) is 77.7 Å². The van der Waals surface area contributed by atoms with E-state index in [9.17, 15) is 0 Å². The summed E-state index contributed by atoms with van der Waals surface area (Å²) in [6.07, 6.45) is 1.77. The summed E-state index contributed by atoms with van der Waals surface area (Å²) in [4.78, 5) is 4.60. The zero-order valence-corrected chi connectivity index (χ0v) is 17.6. The molecule has 31 heavy (non-hydrogen) atoms. The molecule has 0 saturated heterocycles. The van der Waals surface area contributed by atoms with E-state index in [1.54, 1.807) is 13.3 Å². The lowest BCUT2D eigenvalue weighted by Gasteiger charge is -2.09. The van der Waals surface area contributed by atoms with Gasteiger partial charge >= 0.3 is 0 Å². The van der Waals surface area contributed by atoms with E-state index < -0.39 is 0 Å². The molecule has 0 saturated carbocycles. The van der Waals surface area contributed by atoms with Gasteiger partial charge < -0.3 is 14.2 Å². The van der Waals surface area contributed by atoms with Gasteiger partial charge in [0.25, 0.3) is 0 Å². The quantitative estimate of drug-likeness (QED) is 0.316. The lowest BCUT2D eigenvalue weighted by Crippen LogP contribution is -1.94. The molecular weight excluding hydrogens is 410 g/mol. The third kappa shape index (κ3) is 4.08. The van der Waals surface area contributed by atoms with Crippen LogP contribution in [0, 0.1) is 0 Å². The number of nitrogens with zero attached hydrogens (tertiary/aromatic N) is 2. The fourth-order valence-corrected chi connectivity index (χ4v) is 3.98. The topological polar surface area (TPSA) is 65.0 Å². The molecule has 2 heterocycles. The number of anilines is 1. The number of fused-ring (bicyclic) bond motifs is 1. The SMILES string of the molecule is COc1ccc(-c2cc3c(cc2C=NNc2nc(-c4ccccc4)cs2)OCO3)cc1. The first-order valence-corrected chi connectivity index (χ1v) is 10.6. The molecule has 154 valence electrons. The highest BCUT2D eigenvalue weighted by Gasteiger charge is 2.17. The lowest BCUT2D eigenvalue weighted by molar-refractivity contribution is 0.174. The van der Waals surface area contributed by atoms with Crippen LogP contribution in [-0.2, 0) is 0 Å². The summed E-state index contributed by atoms with van der Waals surface area (Å²) in [5.41, 5.74) is 7.95. The lowest BCUT2D eigenvalue weighted by atomic mass is 9.99. The summed E-state index contributed by atoms with van der Waals surface area (Å²) in [5, 5.41) is 7.15. The van der Waals surface area contributed by atoms with Crippen LogP contribution in [0.15, 0.2) is 77.2 Å². The molecule has 3 aromatic carbocycles. The molecule has 0 unspecified atom stereocenters. The number of rotatable bonds is 6. The Bertz CT molecular complexity index is 1220. The standard InChI is InChI=1S/C24H19N3O3S/c1-28-19-9-7-16(8-10-19)20-12-23-22(29-15-30-23)11-18(20)13-25-27-24-26-21(14-31-24)17-5-3-2-4-6-17/h2-14H,15H2,1H3,(H,26,27). The number of hydrogen-bond acceptors (Lipinski definition) is 7. The van der Waals surface area contributed by atoms with Crippen LogP contribution in [0.5, 0.6) is 17.2 Å². The van der Waals surface area contributed by atoms with Gasteiger partial charge in [0.1, 0.15) is 5.75 Å². The smallest absolute Gasteiger partial charge is 0.231 e. The average molecular weight is 430 g/mol. The van der Waals surface area contributed by atoms with E-state index in [4.69, 9.17) is 14.2 Å². The number of ether oxygens (including phenoxy) is 3. The first-order valence-electron chi connectivity index (χ1n) is 9.68. The van der Waals surface area contributed by atoms with Crippen LogP contribution in [-0.4, -0.2) is 25.1 Å². The number of benzene rings is 3. The fraction of sp³-hybridized carbons (Fsp3) is 0.0833. The Labute approximate surface area is 183 Å². The highest BCUT2D eigenvalue weighted by Crippen LogP contribution is 2.38. The molecule has 0 atom stereocenters. The highest BCUT2D eigenvalue weighted by molar-refractivity contribution is 7.14. The van der Waals surface area contributed by atoms with Gasteiger partial charge in [0.15, 0.2) is 11.5 Å². The average Bonchev–Trinajstić information content (AvgIpc) is 3.48. The van der Waals surface area contributed by atoms with Gasteiger partial charge in [-0.05, 0) is 35.4 Å². The van der Waals surface area contributed by atoms with Crippen molar-refractivity contribution in [2.24, 2.45) is 5.10 Å². The zero-order valence-electron chi connectivity index (χ0n) is 16.7. The summed E-state index contributed by atoms with van der Waals surface area (Å²) < 4.78 is 16.4. The Morgan fingerprint density at radius 2 is 1.77 bits per heavy atom. The molecule has 0 fully saturated rings. The van der Waals surface area contributed by atoms with Crippen molar-refractivity contribution in [3.63, 3.8) is 0 Å². The van der Waals surface area contributed by atoms with Crippen LogP contribution in [0.4, 0.5) is 5.13 Å². The Morgan fingerprint density at radius 1 is 1.00 bits per heavy atom. The molecule has 0 radical (unpaired) electrons. The normalized spacial score (nSPS) is 12.3. The van der Waals surface area contributed by atoms with Gasteiger partial charge in [-0.2, -0.15) is 5.10 Å². The minimum atomic E-state index is 0.220. The predicted octanol–water partition coefficient (Wildman–Crippen LogP) is 5.66. The molecule has 5 rings (SSSR count). The van der Waals surface area contributed by atoms with Gasteiger partial charge in [0.05, 0.1) is 19.0 Å². The second-order valence-corrected chi connectivity index (χ2v) is 7.65. The Morgan fingerprint density at radius 3 is 2.55 bits per heavy atom. The maximum absolute atomic E-state index is 5.56. The van der Waals surface area contributed by atoms with E-state index in [0.29, 0.717) is 5.75 Å². The first-order chi connectivity index (χ1) is 15.3. The second kappa shape index (κ2) is 8.49. The molecule has 1 aromatic heterocycles. The molecule has 6 nitrogen and oxygen atoms in total. The molecule has 0 bridgehead atoms. The minimum Gasteiger partial charge on any atom is -0.497 e. The number of nitrogens with one attached hydrogen (secondary N) is 1. The van der Waals surface area contributed by atoms with Crippen molar-refractivity contribution in [2.45, 2.75) is 0 Å². The molecule has 7 heteroatoms. The fourth-order valence-electron chi connectivity index (χ4n) is 3.31. The molecular formula is C24H19N3O3S. The zero-order chi connectivity index (χ0) is 21.0. The molecule has 1 N–H and O–H groups in total. The van der Waals surface area contributed by atoms with Crippen LogP contribution in [0.3, 0.4) is 0 Å². The molecule has 0 aliphatic carbocycles. The van der Waals surface area contributed by atoms with Crippen LogP contribution in [0.1, 0.15) is 5.56 Å². The largest absolute Gasteiger partial charge is 0.497 e. The number of hydrazone groups is 1. The minimum absolute atomic E-state index is 0.220. The van der Waals surface area contributed by atoms with Crippen LogP contribution in [0.25, 0.3) is 22.4 Å². The summed E-state index contributed by atoms with van der Waals surface area (Å²) in [7, 11) is 1.65. The van der Waals surface area contributed by atoms with Gasteiger partial charge in [-0.15, -0.1) is 11.3 Å². The van der Waals surface area contributed by atoms with Crippen molar-refractivity contribution < 1.29 is 14.2 Å². The summed E-state index contributed by atoms with van der Waals surface area (Å²) in [6.45, 7) is 0.220. The van der Waals surface area contributed by atoms with Gasteiger partial charge in [0, 0.05) is 16.5 Å². The number of thiazole rings is 1. The summed E-state index contributed by atoms with van der Waals surface area (Å²) in [5.74, 6) is 2.24. The maximum Gasteiger partial charge on any atom is 0.231 e. The van der Waals surface area contributed by atoms with Gasteiger partial charge in [-0.1, -0.05) is 42.5 Å². The monoisotopic (exact) mass is 429 g/mol. The Kier molecular flexibility index (Phi) is 5.24. The molecule has 0 spiro atoms. The van der Waals surface area contributed by atoms with E-state index >= 15 is 0 Å². The van der Waals surface area contributed by atoms with E-state index in [2.05, 4.69) is 15.5 Å². The first kappa shape index (κ1) is 19.1. The van der Waals surface area contributed by atoms with Gasteiger partial charge in [-0.25, -0.2) is 4.98 Å².